The molecule has 0 saturated carbocycles. The van der Waals surface area contributed by atoms with Crippen LogP contribution in [0.1, 0.15) is 11.3 Å². The van der Waals surface area contributed by atoms with Crippen molar-refractivity contribution in [3.63, 3.8) is 0 Å². The van der Waals surface area contributed by atoms with Crippen LogP contribution in [-0.2, 0) is 17.9 Å². The Morgan fingerprint density at radius 1 is 1.14 bits per heavy atom. The summed E-state index contributed by atoms with van der Waals surface area (Å²) in [4.78, 5) is 9.46. The Kier molecular flexibility index (Phi) is 4.51. The minimum Gasteiger partial charge on any atom is -0.392 e. The normalized spacial score (nSPS) is 14.3. The summed E-state index contributed by atoms with van der Waals surface area (Å²) in [6.07, 6.45) is 1.06. The van der Waals surface area contributed by atoms with Gasteiger partial charge in [0.05, 0.1) is 30.0 Å². The van der Waals surface area contributed by atoms with Crippen LogP contribution in [0.25, 0.3) is 16.6 Å². The fourth-order valence-corrected chi connectivity index (χ4v) is 3.51. The Morgan fingerprint density at radius 3 is 2.34 bits per heavy atom. The number of aromatic nitrogens is 2. The van der Waals surface area contributed by atoms with Gasteiger partial charge in [-0.05, 0) is 42.0 Å². The first-order valence-electron chi connectivity index (χ1n) is 8.19. The van der Waals surface area contributed by atoms with Crippen LogP contribution in [0.3, 0.4) is 0 Å². The number of rotatable bonds is 6. The average molecular weight is 433 g/mol. The largest absolute Gasteiger partial charge is 0.392 e. The third-order valence-electron chi connectivity index (χ3n) is 4.18. The summed E-state index contributed by atoms with van der Waals surface area (Å²) in [5, 5.41) is 16.9. The fraction of sp³-hybridized carbons (Fsp3) is 0.111. The first kappa shape index (κ1) is 20.8. The molecule has 0 spiro atoms. The highest BCUT2D eigenvalue weighted by atomic mass is 32.5. The maximum absolute atomic E-state index is 12.9. The van der Waals surface area contributed by atoms with Crippen molar-refractivity contribution in [2.24, 2.45) is 0 Å². The second-order valence-corrected chi connectivity index (χ2v) is 8.62. The Hall–Kier alpha value is -2.92. The molecule has 0 bridgehead atoms. The number of aliphatic hydroxyl groups excluding tert-OH is 1. The van der Waals surface area contributed by atoms with Crippen molar-refractivity contribution in [2.45, 2.75) is 18.0 Å². The van der Waals surface area contributed by atoms with Gasteiger partial charge in [0.2, 0.25) is 5.91 Å². The first-order chi connectivity index (χ1) is 13.3. The quantitative estimate of drug-likeness (QED) is 0.426. The first-order valence-corrected chi connectivity index (χ1v) is 10.1. The van der Waals surface area contributed by atoms with Crippen LogP contribution in [0.4, 0.5) is 19.4 Å². The highest BCUT2D eigenvalue weighted by Gasteiger charge is 2.65. The molecule has 29 heavy (non-hydrogen) atoms. The maximum atomic E-state index is 12.9. The van der Waals surface area contributed by atoms with Gasteiger partial charge in [-0.15, -0.1) is 0 Å². The highest BCUT2D eigenvalue weighted by molar-refractivity contribution is 8.45. The Balaban J connectivity index is 2.13. The van der Waals surface area contributed by atoms with E-state index in [0.29, 0.717) is 34.3 Å². The van der Waals surface area contributed by atoms with Crippen LogP contribution in [0, 0.1) is 0 Å². The number of hydrogen-bond acceptors (Lipinski definition) is 3. The summed E-state index contributed by atoms with van der Waals surface area (Å²) in [5.74, 6) is -0.464. The van der Waals surface area contributed by atoms with E-state index < -0.39 is 21.0 Å². The molecule has 0 radical (unpaired) electrons. The molecule has 11 heteroatoms. The van der Waals surface area contributed by atoms with E-state index in [1.54, 1.807) is 18.2 Å². The summed E-state index contributed by atoms with van der Waals surface area (Å²) in [5.41, 5.74) is 1.37. The van der Waals surface area contributed by atoms with Gasteiger partial charge in [0.1, 0.15) is 4.90 Å². The second kappa shape index (κ2) is 6.29. The third-order valence-corrected chi connectivity index (χ3v) is 5.34. The zero-order chi connectivity index (χ0) is 21.5. The lowest BCUT2D eigenvalue weighted by Crippen LogP contribution is -2.20. The monoisotopic (exact) mass is 433 g/mol. The van der Waals surface area contributed by atoms with E-state index in [2.05, 4.69) is 17.0 Å². The zero-order valence-corrected chi connectivity index (χ0v) is 15.6. The summed E-state index contributed by atoms with van der Waals surface area (Å²) in [7, 11) is -9.78. The lowest BCUT2D eigenvalue weighted by molar-refractivity contribution is -0.116. The van der Waals surface area contributed by atoms with Gasteiger partial charge in [-0.1, -0.05) is 38.1 Å². The van der Waals surface area contributed by atoms with Crippen LogP contribution in [0.15, 0.2) is 60.0 Å². The summed E-state index contributed by atoms with van der Waals surface area (Å²) < 4.78 is 66.0. The second-order valence-electron chi connectivity index (χ2n) is 6.21. The number of amides is 1. The molecule has 0 aliphatic carbocycles. The molecule has 3 rings (SSSR count). The molecule has 5 nitrogen and oxygen atoms in total. The predicted octanol–water partition coefficient (Wildman–Crippen LogP) is 4.98. The van der Waals surface area contributed by atoms with E-state index >= 15 is 0 Å². The SMILES string of the molecule is C=CC(=O)NCc1nn(-c2ccc(S(F)(F)(F)(F)F)cc2)c2cccc(CO)c12. The Bertz CT molecular complexity index is 1110. The summed E-state index contributed by atoms with van der Waals surface area (Å²) >= 11 is 0. The van der Waals surface area contributed by atoms with Gasteiger partial charge in [0, 0.05) is 5.39 Å². The van der Waals surface area contributed by atoms with Crippen molar-refractivity contribution in [1.82, 2.24) is 15.1 Å². The number of carbonyl (C=O) groups is 1. The lowest BCUT2D eigenvalue weighted by atomic mass is 10.1. The fourth-order valence-electron chi connectivity index (χ4n) is 2.86. The van der Waals surface area contributed by atoms with E-state index in [0.717, 1.165) is 18.2 Å². The van der Waals surface area contributed by atoms with Crippen LogP contribution in [0.2, 0.25) is 0 Å². The molecule has 0 aliphatic heterocycles. The minimum absolute atomic E-state index is 0.0328. The molecule has 1 heterocycles. The molecule has 0 fully saturated rings. The molecule has 2 aromatic carbocycles. The van der Waals surface area contributed by atoms with Crippen molar-refractivity contribution in [3.8, 4) is 5.69 Å². The van der Waals surface area contributed by atoms with Crippen LogP contribution in [0.5, 0.6) is 0 Å². The standard InChI is InChI=1S/C18H16F5N3O2S/c1-2-17(28)24-10-15-18-12(11-27)4-3-5-16(18)26(25-15)13-6-8-14(9-7-13)29(19,20,21,22)23/h2-9,27H,1,10-11H2,(H,24,28). The molecular formula is C18H16F5N3O2S. The van der Waals surface area contributed by atoms with Gasteiger partial charge in [-0.3, -0.25) is 4.79 Å². The van der Waals surface area contributed by atoms with Gasteiger partial charge in [0.15, 0.2) is 0 Å². The summed E-state index contributed by atoms with van der Waals surface area (Å²) in [6, 6.07) is 7.23. The van der Waals surface area contributed by atoms with Gasteiger partial charge in [-0.25, -0.2) is 4.68 Å². The molecular weight excluding hydrogens is 417 g/mol. The van der Waals surface area contributed by atoms with E-state index in [-0.39, 0.29) is 18.8 Å². The lowest BCUT2D eigenvalue weighted by Gasteiger charge is -2.40. The van der Waals surface area contributed by atoms with E-state index in [1.165, 1.54) is 4.68 Å². The van der Waals surface area contributed by atoms with Gasteiger partial charge in [0.25, 0.3) is 0 Å². The highest BCUT2D eigenvalue weighted by Crippen LogP contribution is 3.02. The summed E-state index contributed by atoms with van der Waals surface area (Å²) in [6.45, 7) is 2.96. The van der Waals surface area contributed by atoms with Crippen molar-refractivity contribution in [1.29, 1.82) is 0 Å². The van der Waals surface area contributed by atoms with Gasteiger partial charge >= 0.3 is 10.2 Å². The van der Waals surface area contributed by atoms with Crippen molar-refractivity contribution in [2.75, 3.05) is 0 Å². The number of carbonyl (C=O) groups excluding carboxylic acids is 1. The molecule has 156 valence electrons. The van der Waals surface area contributed by atoms with Crippen LogP contribution < -0.4 is 5.32 Å². The number of benzene rings is 2. The minimum atomic E-state index is -9.78. The average Bonchev–Trinajstić information content (AvgIpc) is 3.03. The Morgan fingerprint density at radius 2 is 1.79 bits per heavy atom. The van der Waals surface area contributed by atoms with Crippen molar-refractivity contribution in [3.05, 3.63) is 66.4 Å². The molecule has 0 unspecified atom stereocenters. The van der Waals surface area contributed by atoms with Crippen molar-refractivity contribution >= 4 is 27.0 Å². The number of aliphatic hydroxyl groups is 1. The number of nitrogens with zero attached hydrogens (tertiary/aromatic N) is 2. The molecule has 0 aliphatic rings. The van der Waals surface area contributed by atoms with Crippen molar-refractivity contribution < 1.29 is 29.3 Å². The molecule has 2 N–H and O–H groups in total. The topological polar surface area (TPSA) is 67.2 Å². The Labute approximate surface area is 162 Å². The third kappa shape index (κ3) is 4.25. The number of fused-ring (bicyclic) bond motifs is 1. The maximum Gasteiger partial charge on any atom is 0.310 e. The van der Waals surface area contributed by atoms with Gasteiger partial charge in [-0.2, -0.15) is 5.10 Å². The van der Waals surface area contributed by atoms with E-state index in [4.69, 9.17) is 0 Å². The predicted molar refractivity (Wildman–Crippen MR) is 100 cm³/mol. The molecule has 3 aromatic rings. The smallest absolute Gasteiger partial charge is 0.310 e. The molecule has 0 atom stereocenters. The van der Waals surface area contributed by atoms with E-state index in [9.17, 15) is 29.3 Å². The van der Waals surface area contributed by atoms with Gasteiger partial charge < -0.3 is 10.4 Å². The zero-order valence-electron chi connectivity index (χ0n) is 14.8. The van der Waals surface area contributed by atoms with E-state index in [1.807, 2.05) is 0 Å². The number of halogens is 5. The molecule has 1 aromatic heterocycles. The molecule has 1 amide bonds. The molecule has 0 saturated heterocycles. The number of nitrogens with one attached hydrogen (secondary N) is 1. The van der Waals surface area contributed by atoms with Crippen LogP contribution >= 0.6 is 10.2 Å². The van der Waals surface area contributed by atoms with Crippen LogP contribution in [-0.4, -0.2) is 20.8 Å². The number of hydrogen-bond donors (Lipinski definition) is 2.